The largest absolute Gasteiger partial charge is 1.00 e. The van der Waals surface area contributed by atoms with Gasteiger partial charge in [0.25, 0.3) is 5.91 Å². The van der Waals surface area contributed by atoms with Crippen molar-refractivity contribution in [1.82, 2.24) is 4.90 Å². The summed E-state index contributed by atoms with van der Waals surface area (Å²) in [4.78, 5) is 27.5. The number of anilines is 1. The van der Waals surface area contributed by atoms with E-state index < -0.39 is 6.09 Å². The second-order valence-electron chi connectivity index (χ2n) is 7.62. The Morgan fingerprint density at radius 2 is 1.96 bits per heavy atom. The third-order valence-electron chi connectivity index (χ3n) is 5.68. The van der Waals surface area contributed by atoms with Gasteiger partial charge in [-0.25, -0.2) is 4.79 Å². The van der Waals surface area contributed by atoms with Crippen molar-refractivity contribution in [2.24, 2.45) is 0 Å². The van der Waals surface area contributed by atoms with E-state index in [0.29, 0.717) is 23.7 Å². The molecule has 0 aromatic heterocycles. The van der Waals surface area contributed by atoms with Crippen LogP contribution in [0.4, 0.5) is 10.5 Å². The maximum absolute atomic E-state index is 12.5. The van der Waals surface area contributed by atoms with E-state index in [0.717, 1.165) is 17.6 Å². The highest BCUT2D eigenvalue weighted by Gasteiger charge is 2.32. The quantitative estimate of drug-likeness (QED) is 0.402. The van der Waals surface area contributed by atoms with Crippen LogP contribution in [0.2, 0.25) is 0 Å². The van der Waals surface area contributed by atoms with Crippen LogP contribution in [0.5, 0.6) is 11.5 Å². The fourth-order valence-electron chi connectivity index (χ4n) is 3.88. The molecule has 28 heavy (non-hydrogen) atoms. The maximum atomic E-state index is 12.5. The van der Waals surface area contributed by atoms with E-state index in [-0.39, 0.29) is 36.5 Å². The van der Waals surface area contributed by atoms with E-state index in [4.69, 9.17) is 9.47 Å². The number of carbonyl (C=O) groups is 2. The number of nitrogens with zero attached hydrogens (tertiary/aromatic N) is 3. The van der Waals surface area contributed by atoms with Crippen molar-refractivity contribution in [2.45, 2.75) is 26.2 Å². The predicted molar refractivity (Wildman–Crippen MR) is 103 cm³/mol. The first-order valence-electron chi connectivity index (χ1n) is 9.75. The minimum absolute atomic E-state index is 0. The number of hydrogen-bond acceptors (Lipinski definition) is 4. The molecule has 2 aliphatic rings. The Morgan fingerprint density at radius 1 is 1.25 bits per heavy atom. The van der Waals surface area contributed by atoms with Gasteiger partial charge in [0.1, 0.15) is 11.5 Å². The van der Waals surface area contributed by atoms with Crippen molar-refractivity contribution in [3.05, 3.63) is 18.2 Å². The molecule has 1 aromatic rings. The standard InChI is InChI=1S/C20H30N3O4.HI/c1-4-23(11-6-5-7-12-23)13-10-22-17-14-16(27-20(25)21(2)3)8-9-18(17)26-15-19(22)24;/h8-9,14H,4-7,10-13,15H2,1-3H3;1H/q+1;/p-1. The minimum atomic E-state index is -0.451. The molecule has 2 heterocycles. The van der Waals surface area contributed by atoms with Crippen LogP contribution in [-0.2, 0) is 4.79 Å². The Hall–Kier alpha value is -1.55. The second kappa shape index (κ2) is 9.78. The SMILES string of the molecule is CC[N+]1(CCN2C(=O)COc3ccc(OC(=O)N(C)C)cc32)CCCCC1.[I-]. The van der Waals surface area contributed by atoms with Gasteiger partial charge in [-0.1, -0.05) is 0 Å². The second-order valence-corrected chi connectivity index (χ2v) is 7.62. The summed E-state index contributed by atoms with van der Waals surface area (Å²) in [6.45, 7) is 7.32. The van der Waals surface area contributed by atoms with E-state index in [1.54, 1.807) is 37.2 Å². The summed E-state index contributed by atoms with van der Waals surface area (Å²) in [7, 11) is 3.26. The van der Waals surface area contributed by atoms with Gasteiger partial charge >= 0.3 is 6.09 Å². The highest BCUT2D eigenvalue weighted by molar-refractivity contribution is 5.98. The fourth-order valence-corrected chi connectivity index (χ4v) is 3.88. The predicted octanol–water partition coefficient (Wildman–Crippen LogP) is -0.503. The van der Waals surface area contributed by atoms with Gasteiger partial charge < -0.3 is 47.7 Å². The molecule has 1 saturated heterocycles. The number of quaternary nitrogens is 1. The summed E-state index contributed by atoms with van der Waals surface area (Å²) in [6, 6.07) is 5.18. The van der Waals surface area contributed by atoms with Crippen molar-refractivity contribution in [3.63, 3.8) is 0 Å². The van der Waals surface area contributed by atoms with E-state index in [2.05, 4.69) is 6.92 Å². The molecule has 0 spiro atoms. The summed E-state index contributed by atoms with van der Waals surface area (Å²) in [5.74, 6) is 1.01. The van der Waals surface area contributed by atoms with Crippen molar-refractivity contribution >= 4 is 17.7 Å². The van der Waals surface area contributed by atoms with Gasteiger partial charge in [0.2, 0.25) is 0 Å². The van der Waals surface area contributed by atoms with E-state index >= 15 is 0 Å². The van der Waals surface area contributed by atoms with Crippen LogP contribution in [0.1, 0.15) is 26.2 Å². The van der Waals surface area contributed by atoms with Crippen LogP contribution in [0, 0.1) is 0 Å². The van der Waals surface area contributed by atoms with Gasteiger partial charge in [-0.2, -0.15) is 0 Å². The molecule has 0 radical (unpaired) electrons. The van der Waals surface area contributed by atoms with Crippen molar-refractivity contribution in [1.29, 1.82) is 0 Å². The molecule has 2 aliphatic heterocycles. The van der Waals surface area contributed by atoms with Gasteiger partial charge in [0, 0.05) is 20.2 Å². The van der Waals surface area contributed by atoms with E-state index in [1.165, 1.54) is 37.3 Å². The molecule has 1 fully saturated rings. The van der Waals surface area contributed by atoms with Gasteiger partial charge in [-0.15, -0.1) is 0 Å². The number of fused-ring (bicyclic) bond motifs is 1. The fraction of sp³-hybridized carbons (Fsp3) is 0.600. The molecular formula is C20H30IN3O4. The van der Waals surface area contributed by atoms with E-state index in [9.17, 15) is 9.59 Å². The summed E-state index contributed by atoms with van der Waals surface area (Å²) in [6.07, 6.45) is 3.37. The van der Waals surface area contributed by atoms with Crippen LogP contribution in [-0.4, -0.2) is 74.8 Å². The highest BCUT2D eigenvalue weighted by Crippen LogP contribution is 2.35. The molecule has 1 aromatic carbocycles. The molecule has 7 nitrogen and oxygen atoms in total. The number of halogens is 1. The Bertz CT molecular complexity index is 705. The van der Waals surface area contributed by atoms with Crippen LogP contribution >= 0.6 is 0 Å². The van der Waals surface area contributed by atoms with Crippen LogP contribution < -0.4 is 38.4 Å². The van der Waals surface area contributed by atoms with Crippen LogP contribution in [0.15, 0.2) is 18.2 Å². The summed E-state index contributed by atoms with van der Waals surface area (Å²) >= 11 is 0. The average molecular weight is 503 g/mol. The van der Waals surface area contributed by atoms with Crippen molar-refractivity contribution in [3.8, 4) is 11.5 Å². The molecule has 0 unspecified atom stereocenters. The molecule has 156 valence electrons. The van der Waals surface area contributed by atoms with Crippen molar-refractivity contribution in [2.75, 3.05) is 58.3 Å². The summed E-state index contributed by atoms with van der Waals surface area (Å²) in [5.41, 5.74) is 0.682. The zero-order chi connectivity index (χ0) is 19.4. The minimum Gasteiger partial charge on any atom is -1.00 e. The lowest BCUT2D eigenvalue weighted by Crippen LogP contribution is -3.00. The number of likely N-dealkylation sites (tertiary alicyclic amines) is 1. The Labute approximate surface area is 184 Å². The molecule has 0 N–H and O–H groups in total. The van der Waals surface area contributed by atoms with Gasteiger partial charge in [-0.05, 0) is 38.3 Å². The smallest absolute Gasteiger partial charge is 0.414 e. The Kier molecular flexibility index (Phi) is 7.94. The molecule has 3 rings (SSSR count). The third kappa shape index (κ3) is 5.08. The van der Waals surface area contributed by atoms with Gasteiger partial charge in [0.05, 0.1) is 38.4 Å². The van der Waals surface area contributed by atoms with Crippen LogP contribution in [0.3, 0.4) is 0 Å². The first-order chi connectivity index (χ1) is 12.9. The molecule has 0 aliphatic carbocycles. The zero-order valence-electron chi connectivity index (χ0n) is 16.9. The normalized spacial score (nSPS) is 17.8. The number of likely N-dealkylation sites (N-methyl/N-ethyl adjacent to an activating group) is 1. The average Bonchev–Trinajstić information content (AvgIpc) is 2.67. The number of amides is 2. The summed E-state index contributed by atoms with van der Waals surface area (Å²) in [5, 5.41) is 0. The van der Waals surface area contributed by atoms with Gasteiger partial charge in [0.15, 0.2) is 6.61 Å². The zero-order valence-corrected chi connectivity index (χ0v) is 19.1. The lowest BCUT2D eigenvalue weighted by atomic mass is 10.1. The lowest BCUT2D eigenvalue weighted by Gasteiger charge is -2.42. The monoisotopic (exact) mass is 503 g/mol. The van der Waals surface area contributed by atoms with E-state index in [1.807, 2.05) is 0 Å². The topological polar surface area (TPSA) is 59.1 Å². The first kappa shape index (κ1) is 22.7. The molecule has 0 bridgehead atoms. The number of benzene rings is 1. The Morgan fingerprint density at radius 3 is 2.61 bits per heavy atom. The van der Waals surface area contributed by atoms with Gasteiger partial charge in [-0.3, -0.25) is 4.79 Å². The molecule has 2 amide bonds. The van der Waals surface area contributed by atoms with Crippen molar-refractivity contribution < 1.29 is 47.5 Å². The molecule has 0 atom stereocenters. The highest BCUT2D eigenvalue weighted by atomic mass is 127. The molecule has 0 saturated carbocycles. The Balaban J connectivity index is 0.00000280. The number of carbonyl (C=O) groups excluding carboxylic acids is 2. The number of piperidine rings is 1. The van der Waals surface area contributed by atoms with Crippen LogP contribution in [0.25, 0.3) is 0 Å². The number of ether oxygens (including phenoxy) is 2. The third-order valence-corrected chi connectivity index (χ3v) is 5.68. The summed E-state index contributed by atoms with van der Waals surface area (Å²) < 4.78 is 12.0. The lowest BCUT2D eigenvalue weighted by molar-refractivity contribution is -0.929. The molecule has 8 heteroatoms. The first-order valence-corrected chi connectivity index (χ1v) is 9.75. The number of rotatable bonds is 5. The number of hydrogen-bond donors (Lipinski definition) is 0. The molecular weight excluding hydrogens is 473 g/mol. The maximum Gasteiger partial charge on any atom is 0.414 e.